The highest BCUT2D eigenvalue weighted by Crippen LogP contribution is 2.30. The van der Waals surface area contributed by atoms with Crippen molar-refractivity contribution in [3.63, 3.8) is 0 Å². The number of anilines is 2. The number of nitrogens with one attached hydrogen (secondary N) is 2. The quantitative estimate of drug-likeness (QED) is 0.146. The number of aryl methyl sites for hydroxylation is 1. The molecule has 0 saturated carbocycles. The van der Waals surface area contributed by atoms with Crippen molar-refractivity contribution in [3.8, 4) is 17.2 Å². The molecule has 234 valence electrons. The van der Waals surface area contributed by atoms with Gasteiger partial charge in [-0.3, -0.25) is 13.9 Å². The first-order valence-corrected chi connectivity index (χ1v) is 15.7. The summed E-state index contributed by atoms with van der Waals surface area (Å²) in [4.78, 5) is 25.1. The van der Waals surface area contributed by atoms with Crippen molar-refractivity contribution in [2.45, 2.75) is 11.8 Å². The lowest BCUT2D eigenvalue weighted by molar-refractivity contribution is -0.119. The summed E-state index contributed by atoms with van der Waals surface area (Å²) in [7, 11) is -1.09. The molecule has 4 aromatic rings. The first-order valence-electron chi connectivity index (χ1n) is 13.5. The third kappa shape index (κ3) is 9.06. The van der Waals surface area contributed by atoms with Crippen LogP contribution in [0.3, 0.4) is 0 Å². The van der Waals surface area contributed by atoms with Crippen LogP contribution in [0.25, 0.3) is 0 Å². The molecule has 0 saturated heterocycles. The predicted octanol–water partition coefficient (Wildman–Crippen LogP) is 5.14. The summed E-state index contributed by atoms with van der Waals surface area (Å²) in [5, 5.41) is 6.71. The molecule has 0 spiro atoms. The van der Waals surface area contributed by atoms with E-state index in [0.29, 0.717) is 38.7 Å². The number of sulfonamides is 1. The molecule has 2 amide bonds. The number of carbonyl (C=O) groups excluding carboxylic acids is 2. The van der Waals surface area contributed by atoms with E-state index in [1.807, 2.05) is 6.92 Å². The fourth-order valence-corrected chi connectivity index (χ4v) is 6.12. The van der Waals surface area contributed by atoms with Gasteiger partial charge in [-0.15, -0.1) is 0 Å². The Bertz CT molecular complexity index is 1760. The van der Waals surface area contributed by atoms with E-state index in [1.165, 1.54) is 31.5 Å². The SMILES string of the molecule is COc1ccc(NC(=O)COc2ccc(/C=N\NC(=O)CN(c3ccc(C)cc3)S(=O)(=O)c3ccc(OC)c(Br)c3)cc2)cc1. The average Bonchev–Trinajstić information content (AvgIpc) is 3.04. The maximum Gasteiger partial charge on any atom is 0.264 e. The van der Waals surface area contributed by atoms with E-state index in [-0.39, 0.29) is 17.4 Å². The van der Waals surface area contributed by atoms with Crippen LogP contribution in [-0.4, -0.2) is 53.8 Å². The van der Waals surface area contributed by atoms with E-state index in [4.69, 9.17) is 14.2 Å². The minimum absolute atomic E-state index is 0.0208. The van der Waals surface area contributed by atoms with E-state index in [1.54, 1.807) is 79.9 Å². The minimum Gasteiger partial charge on any atom is -0.497 e. The van der Waals surface area contributed by atoms with Crippen LogP contribution in [0.1, 0.15) is 11.1 Å². The van der Waals surface area contributed by atoms with E-state index in [2.05, 4.69) is 31.8 Å². The van der Waals surface area contributed by atoms with Gasteiger partial charge in [0.15, 0.2) is 6.61 Å². The number of ether oxygens (including phenoxy) is 3. The van der Waals surface area contributed by atoms with Crippen LogP contribution in [0.2, 0.25) is 0 Å². The largest absolute Gasteiger partial charge is 0.497 e. The zero-order valence-corrected chi connectivity index (χ0v) is 27.1. The summed E-state index contributed by atoms with van der Waals surface area (Å²) in [5.41, 5.74) is 4.89. The summed E-state index contributed by atoms with van der Waals surface area (Å²) in [6.45, 7) is 1.17. The fraction of sp³-hybridized carbons (Fsp3) is 0.156. The predicted molar refractivity (Wildman–Crippen MR) is 176 cm³/mol. The number of carbonyl (C=O) groups is 2. The molecule has 0 aliphatic heterocycles. The van der Waals surface area contributed by atoms with Crippen LogP contribution in [0, 0.1) is 6.92 Å². The second kappa shape index (κ2) is 15.2. The Kier molecular flexibility index (Phi) is 11.2. The number of hydrogen-bond acceptors (Lipinski definition) is 8. The molecule has 0 aromatic heterocycles. The van der Waals surface area contributed by atoms with Gasteiger partial charge in [0, 0.05) is 5.69 Å². The standard InChI is InChI=1S/C32H31BrN4O7S/c1-22-4-10-25(11-5-22)37(45(40,41)28-16-17-30(43-3)29(33)18-28)20-31(38)36-34-19-23-6-12-27(13-7-23)44-21-32(39)35-24-8-14-26(42-2)15-9-24/h4-19H,20-21H2,1-3H3,(H,35,39)(H,36,38)/b34-19-. The van der Waals surface area contributed by atoms with E-state index < -0.39 is 22.5 Å². The number of hydrogen-bond donors (Lipinski definition) is 2. The van der Waals surface area contributed by atoms with Crippen molar-refractivity contribution in [3.05, 3.63) is 107 Å². The summed E-state index contributed by atoms with van der Waals surface area (Å²) < 4.78 is 44.6. The van der Waals surface area contributed by atoms with Crippen LogP contribution in [0.4, 0.5) is 11.4 Å². The summed E-state index contributed by atoms with van der Waals surface area (Å²) in [6.07, 6.45) is 1.41. The molecular formula is C32H31BrN4O7S. The van der Waals surface area contributed by atoms with Crippen molar-refractivity contribution >= 4 is 55.4 Å². The zero-order chi connectivity index (χ0) is 32.4. The van der Waals surface area contributed by atoms with Gasteiger partial charge in [0.1, 0.15) is 23.8 Å². The lowest BCUT2D eigenvalue weighted by Gasteiger charge is -2.24. The summed E-state index contributed by atoms with van der Waals surface area (Å²) in [5.74, 6) is 0.645. The number of amides is 2. The number of methoxy groups -OCH3 is 2. The molecule has 4 rings (SSSR count). The van der Waals surface area contributed by atoms with Gasteiger partial charge in [0.25, 0.3) is 21.8 Å². The van der Waals surface area contributed by atoms with Gasteiger partial charge >= 0.3 is 0 Å². The molecule has 11 nitrogen and oxygen atoms in total. The highest BCUT2D eigenvalue weighted by molar-refractivity contribution is 9.10. The number of benzene rings is 4. The third-order valence-electron chi connectivity index (χ3n) is 6.35. The fourth-order valence-electron chi connectivity index (χ4n) is 3.98. The van der Waals surface area contributed by atoms with Crippen LogP contribution in [0.15, 0.2) is 105 Å². The molecule has 0 aliphatic carbocycles. The molecule has 0 unspecified atom stereocenters. The van der Waals surface area contributed by atoms with Gasteiger partial charge in [0.2, 0.25) is 0 Å². The Morgan fingerprint density at radius 1 is 0.867 bits per heavy atom. The molecule has 0 atom stereocenters. The van der Waals surface area contributed by atoms with E-state index in [9.17, 15) is 18.0 Å². The number of rotatable bonds is 13. The molecule has 2 N–H and O–H groups in total. The lowest BCUT2D eigenvalue weighted by Crippen LogP contribution is -2.39. The van der Waals surface area contributed by atoms with Crippen molar-refractivity contribution in [2.24, 2.45) is 5.10 Å². The monoisotopic (exact) mass is 694 g/mol. The van der Waals surface area contributed by atoms with Gasteiger partial charge in [-0.1, -0.05) is 17.7 Å². The molecule has 4 aromatic carbocycles. The lowest BCUT2D eigenvalue weighted by atomic mass is 10.2. The third-order valence-corrected chi connectivity index (χ3v) is 8.74. The first kappa shape index (κ1) is 33.0. The molecule has 0 radical (unpaired) electrons. The van der Waals surface area contributed by atoms with E-state index in [0.717, 1.165) is 9.87 Å². The minimum atomic E-state index is -4.14. The zero-order valence-electron chi connectivity index (χ0n) is 24.7. The smallest absolute Gasteiger partial charge is 0.264 e. The van der Waals surface area contributed by atoms with Gasteiger partial charge in [0.05, 0.1) is 35.5 Å². The molecule has 45 heavy (non-hydrogen) atoms. The highest BCUT2D eigenvalue weighted by atomic mass is 79.9. The van der Waals surface area contributed by atoms with Crippen molar-refractivity contribution < 1.29 is 32.2 Å². The molecular weight excluding hydrogens is 664 g/mol. The van der Waals surface area contributed by atoms with Gasteiger partial charge < -0.3 is 19.5 Å². The Morgan fingerprint density at radius 3 is 2.16 bits per heavy atom. The Hall–Kier alpha value is -4.88. The second-order valence-electron chi connectivity index (χ2n) is 9.57. The molecule has 0 aliphatic rings. The number of halogens is 1. The topological polar surface area (TPSA) is 136 Å². The van der Waals surface area contributed by atoms with Crippen LogP contribution in [0.5, 0.6) is 17.2 Å². The normalized spacial score (nSPS) is 11.1. The molecule has 0 fully saturated rings. The molecule has 0 heterocycles. The van der Waals surface area contributed by atoms with Crippen LogP contribution in [-0.2, 0) is 19.6 Å². The van der Waals surface area contributed by atoms with Crippen molar-refractivity contribution in [1.82, 2.24) is 5.43 Å². The van der Waals surface area contributed by atoms with Gasteiger partial charge in [-0.2, -0.15) is 5.10 Å². The van der Waals surface area contributed by atoms with E-state index >= 15 is 0 Å². The molecule has 0 bridgehead atoms. The molecule has 13 heteroatoms. The van der Waals surface area contributed by atoms with Crippen molar-refractivity contribution in [1.29, 1.82) is 0 Å². The Balaban J connectivity index is 1.36. The van der Waals surface area contributed by atoms with Gasteiger partial charge in [-0.25, -0.2) is 13.8 Å². The Morgan fingerprint density at radius 2 is 1.53 bits per heavy atom. The van der Waals surface area contributed by atoms with Crippen LogP contribution < -0.4 is 29.3 Å². The second-order valence-corrected chi connectivity index (χ2v) is 12.3. The van der Waals surface area contributed by atoms with Crippen LogP contribution >= 0.6 is 15.9 Å². The van der Waals surface area contributed by atoms with Gasteiger partial charge in [-0.05, 0) is 107 Å². The highest BCUT2D eigenvalue weighted by Gasteiger charge is 2.28. The maximum atomic E-state index is 13.6. The number of nitrogens with zero attached hydrogens (tertiary/aromatic N) is 2. The first-order chi connectivity index (χ1) is 21.6. The average molecular weight is 696 g/mol. The Labute approximate surface area is 270 Å². The number of hydrazone groups is 1. The maximum absolute atomic E-state index is 13.6. The van der Waals surface area contributed by atoms with Crippen molar-refractivity contribution in [2.75, 3.05) is 37.0 Å². The summed E-state index contributed by atoms with van der Waals surface area (Å²) >= 11 is 3.32. The summed E-state index contributed by atoms with van der Waals surface area (Å²) in [6, 6.07) is 24.8.